The Balaban J connectivity index is 1.64. The summed E-state index contributed by atoms with van der Waals surface area (Å²) < 4.78 is 7.32. The van der Waals surface area contributed by atoms with Crippen LogP contribution in [0.1, 0.15) is 18.4 Å². The molecule has 1 spiro atoms. The molecule has 2 aliphatic rings. The molecule has 3 heterocycles. The van der Waals surface area contributed by atoms with Crippen LogP contribution >= 0.6 is 0 Å². The first-order chi connectivity index (χ1) is 11.6. The molecule has 2 aliphatic heterocycles. The van der Waals surface area contributed by atoms with Gasteiger partial charge in [0.05, 0.1) is 18.6 Å². The lowest BCUT2D eigenvalue weighted by atomic mass is 9.92. The van der Waals surface area contributed by atoms with E-state index in [0.29, 0.717) is 18.7 Å². The predicted octanol–water partition coefficient (Wildman–Crippen LogP) is 1.61. The van der Waals surface area contributed by atoms with Crippen molar-refractivity contribution in [1.29, 1.82) is 0 Å². The number of carbonyl (C=O) groups is 1. The average Bonchev–Trinajstić information content (AvgIpc) is 2.88. The number of pyridine rings is 1. The van der Waals surface area contributed by atoms with Crippen LogP contribution in [0.25, 0.3) is 10.9 Å². The molecule has 2 saturated heterocycles. The first-order valence-electron chi connectivity index (χ1n) is 8.34. The van der Waals surface area contributed by atoms with Gasteiger partial charge >= 0.3 is 6.09 Å². The second kappa shape index (κ2) is 5.63. The largest absolute Gasteiger partial charge is 0.441 e. The van der Waals surface area contributed by atoms with Crippen molar-refractivity contribution in [3.8, 4) is 0 Å². The van der Waals surface area contributed by atoms with Crippen molar-refractivity contribution >= 4 is 17.0 Å². The molecule has 4 rings (SSSR count). The summed E-state index contributed by atoms with van der Waals surface area (Å²) in [6, 6.07) is 9.66. The maximum atomic E-state index is 12.6. The van der Waals surface area contributed by atoms with Crippen molar-refractivity contribution in [2.24, 2.45) is 7.05 Å². The van der Waals surface area contributed by atoms with Crippen LogP contribution < -0.4 is 10.9 Å². The number of rotatable bonds is 2. The molecule has 6 nitrogen and oxygen atoms in total. The number of aryl methyl sites for hydroxylation is 1. The number of hydrogen-bond acceptors (Lipinski definition) is 4. The highest BCUT2D eigenvalue weighted by Crippen LogP contribution is 2.31. The summed E-state index contributed by atoms with van der Waals surface area (Å²) in [6.45, 7) is 2.58. The van der Waals surface area contributed by atoms with E-state index < -0.39 is 0 Å². The van der Waals surface area contributed by atoms with E-state index in [-0.39, 0.29) is 17.3 Å². The van der Waals surface area contributed by atoms with Crippen LogP contribution in [0.5, 0.6) is 0 Å². The zero-order valence-electron chi connectivity index (χ0n) is 13.7. The normalized spacial score (nSPS) is 19.9. The maximum Gasteiger partial charge on any atom is 0.410 e. The van der Waals surface area contributed by atoms with Crippen LogP contribution in [0, 0.1) is 0 Å². The van der Waals surface area contributed by atoms with Gasteiger partial charge in [-0.2, -0.15) is 0 Å². The van der Waals surface area contributed by atoms with Gasteiger partial charge in [0.15, 0.2) is 0 Å². The van der Waals surface area contributed by atoms with Gasteiger partial charge in [0.1, 0.15) is 5.60 Å². The SMILES string of the molecule is Cn1c(=O)c(CN2CC3(CCNCC3)OC2=O)cc2ccccc21. The molecule has 0 aliphatic carbocycles. The third-order valence-electron chi connectivity index (χ3n) is 5.12. The lowest BCUT2D eigenvalue weighted by molar-refractivity contribution is 0.0316. The van der Waals surface area contributed by atoms with Gasteiger partial charge in [-0.05, 0) is 30.6 Å². The number of fused-ring (bicyclic) bond motifs is 1. The highest BCUT2D eigenvalue weighted by Gasteiger charge is 2.45. The van der Waals surface area contributed by atoms with E-state index in [4.69, 9.17) is 4.74 Å². The fourth-order valence-electron chi connectivity index (χ4n) is 3.77. The van der Waals surface area contributed by atoms with Crippen LogP contribution in [0.2, 0.25) is 0 Å². The molecular weight excluding hydrogens is 306 g/mol. The predicted molar refractivity (Wildman–Crippen MR) is 90.9 cm³/mol. The van der Waals surface area contributed by atoms with E-state index in [9.17, 15) is 9.59 Å². The van der Waals surface area contributed by atoms with Crippen LogP contribution in [0.4, 0.5) is 4.79 Å². The maximum absolute atomic E-state index is 12.6. The van der Waals surface area contributed by atoms with Crippen LogP contribution in [0.3, 0.4) is 0 Å². The van der Waals surface area contributed by atoms with Crippen molar-refractivity contribution < 1.29 is 9.53 Å². The highest BCUT2D eigenvalue weighted by molar-refractivity contribution is 5.79. The zero-order chi connectivity index (χ0) is 16.7. The topological polar surface area (TPSA) is 63.6 Å². The second-order valence-corrected chi connectivity index (χ2v) is 6.75. The monoisotopic (exact) mass is 327 g/mol. The number of nitrogens with zero attached hydrogens (tertiary/aromatic N) is 2. The summed E-state index contributed by atoms with van der Waals surface area (Å²) in [6.07, 6.45) is 1.34. The number of carbonyl (C=O) groups excluding carboxylic acids is 1. The second-order valence-electron chi connectivity index (χ2n) is 6.75. The molecule has 1 amide bonds. The third-order valence-corrected chi connectivity index (χ3v) is 5.12. The van der Waals surface area contributed by atoms with Gasteiger partial charge in [-0.25, -0.2) is 4.79 Å². The summed E-state index contributed by atoms with van der Waals surface area (Å²) in [4.78, 5) is 26.6. The molecule has 2 fully saturated rings. The number of hydrogen-bond donors (Lipinski definition) is 1. The minimum Gasteiger partial charge on any atom is -0.441 e. The molecule has 24 heavy (non-hydrogen) atoms. The Bertz CT molecular complexity index is 852. The molecular formula is C18H21N3O3. The minimum atomic E-state index is -0.385. The quantitative estimate of drug-likeness (QED) is 0.910. The third kappa shape index (κ3) is 2.47. The summed E-state index contributed by atoms with van der Waals surface area (Å²) in [5.41, 5.74) is 1.07. The molecule has 6 heteroatoms. The molecule has 126 valence electrons. The highest BCUT2D eigenvalue weighted by atomic mass is 16.6. The van der Waals surface area contributed by atoms with Gasteiger partial charge in [0.2, 0.25) is 0 Å². The van der Waals surface area contributed by atoms with E-state index in [1.165, 1.54) is 0 Å². The molecule has 0 saturated carbocycles. The molecule has 1 aromatic heterocycles. The summed E-state index contributed by atoms with van der Waals surface area (Å²) >= 11 is 0. The molecule has 2 aromatic rings. The Hall–Kier alpha value is -2.34. The van der Waals surface area contributed by atoms with Crippen LogP contribution in [0.15, 0.2) is 35.1 Å². The smallest absolute Gasteiger partial charge is 0.410 e. The Morgan fingerprint density at radius 3 is 2.75 bits per heavy atom. The number of piperidine rings is 1. The molecule has 0 unspecified atom stereocenters. The van der Waals surface area contributed by atoms with Gasteiger partial charge < -0.3 is 14.6 Å². The fraction of sp³-hybridized carbons (Fsp3) is 0.444. The molecule has 0 bridgehead atoms. The van der Waals surface area contributed by atoms with Crippen LogP contribution in [-0.2, 0) is 18.3 Å². The number of para-hydroxylation sites is 1. The average molecular weight is 327 g/mol. The van der Waals surface area contributed by atoms with Gasteiger partial charge in [-0.1, -0.05) is 18.2 Å². The summed E-state index contributed by atoms with van der Waals surface area (Å²) in [5, 5.41) is 4.29. The van der Waals surface area contributed by atoms with Gasteiger partial charge in [0, 0.05) is 25.5 Å². The minimum absolute atomic E-state index is 0.0623. The standard InChI is InChI=1S/C18H21N3O3/c1-20-15-5-3-2-4-13(15)10-14(16(20)22)11-21-12-18(24-17(21)23)6-8-19-9-7-18/h2-5,10,19H,6-9,11-12H2,1H3. The number of ether oxygens (including phenoxy) is 1. The zero-order valence-corrected chi connectivity index (χ0v) is 13.7. The molecule has 0 radical (unpaired) electrons. The Labute approximate surface area is 140 Å². The molecule has 0 atom stereocenters. The summed E-state index contributed by atoms with van der Waals surface area (Å²) in [5.74, 6) is 0. The summed E-state index contributed by atoms with van der Waals surface area (Å²) in [7, 11) is 1.77. The van der Waals surface area contributed by atoms with Crippen molar-refractivity contribution in [3.63, 3.8) is 0 Å². The van der Waals surface area contributed by atoms with Crippen molar-refractivity contribution in [1.82, 2.24) is 14.8 Å². The Morgan fingerprint density at radius 2 is 1.96 bits per heavy atom. The molecule has 1 N–H and O–H groups in total. The number of benzene rings is 1. The van der Waals surface area contributed by atoms with Crippen molar-refractivity contribution in [2.75, 3.05) is 19.6 Å². The fourth-order valence-corrected chi connectivity index (χ4v) is 3.77. The van der Waals surface area contributed by atoms with E-state index in [1.807, 2.05) is 30.3 Å². The number of aromatic nitrogens is 1. The van der Waals surface area contributed by atoms with Crippen molar-refractivity contribution in [2.45, 2.75) is 25.0 Å². The molecule has 1 aromatic carbocycles. The first-order valence-corrected chi connectivity index (χ1v) is 8.34. The Morgan fingerprint density at radius 1 is 1.21 bits per heavy atom. The van der Waals surface area contributed by atoms with Crippen LogP contribution in [-0.4, -0.2) is 40.8 Å². The number of nitrogens with one attached hydrogen (secondary N) is 1. The van der Waals surface area contributed by atoms with Gasteiger partial charge in [-0.15, -0.1) is 0 Å². The Kier molecular flexibility index (Phi) is 3.57. The van der Waals surface area contributed by atoms with Gasteiger partial charge in [0.25, 0.3) is 5.56 Å². The van der Waals surface area contributed by atoms with Gasteiger partial charge in [-0.3, -0.25) is 9.69 Å². The number of amides is 1. The van der Waals surface area contributed by atoms with E-state index in [2.05, 4.69) is 5.32 Å². The lowest BCUT2D eigenvalue weighted by Crippen LogP contribution is -2.44. The van der Waals surface area contributed by atoms with Crippen molar-refractivity contribution in [3.05, 3.63) is 46.2 Å². The first kappa shape index (κ1) is 15.2. The van der Waals surface area contributed by atoms with E-state index in [1.54, 1.807) is 16.5 Å². The van der Waals surface area contributed by atoms with E-state index >= 15 is 0 Å². The van der Waals surface area contributed by atoms with E-state index in [0.717, 1.165) is 36.8 Å². The lowest BCUT2D eigenvalue weighted by Gasteiger charge is -2.31.